The van der Waals surface area contributed by atoms with E-state index in [0.717, 1.165) is 0 Å². The van der Waals surface area contributed by atoms with Crippen LogP contribution in [0.3, 0.4) is 0 Å². The summed E-state index contributed by atoms with van der Waals surface area (Å²) in [4.78, 5) is 0. The van der Waals surface area contributed by atoms with E-state index in [9.17, 15) is 18.3 Å². The number of hydrogen-bond acceptors (Lipinski definition) is 3. The molecule has 0 saturated carbocycles. The van der Waals surface area contributed by atoms with E-state index in [2.05, 4.69) is 0 Å². The van der Waals surface area contributed by atoms with Gasteiger partial charge in [-0.05, 0) is 12.1 Å². The minimum Gasteiger partial charge on any atom is -0.384 e. The van der Waals surface area contributed by atoms with E-state index in [4.69, 9.17) is 33.6 Å². The predicted molar refractivity (Wildman–Crippen MR) is 58.0 cm³/mol. The van der Waals surface area contributed by atoms with E-state index in [1.54, 1.807) is 0 Å². The molecule has 0 aliphatic carbocycles. The Balaban J connectivity index is 3.30. The number of halogens is 5. The van der Waals surface area contributed by atoms with Gasteiger partial charge in [-0.3, -0.25) is 0 Å². The summed E-state index contributed by atoms with van der Waals surface area (Å²) in [5.74, 6) is 0. The Morgan fingerprint density at radius 3 is 1.94 bits per heavy atom. The van der Waals surface area contributed by atoms with Gasteiger partial charge < -0.3 is 10.2 Å². The van der Waals surface area contributed by atoms with Gasteiger partial charge in [-0.15, -0.1) is 0 Å². The van der Waals surface area contributed by atoms with E-state index in [-0.39, 0.29) is 5.56 Å². The molecule has 3 nitrogen and oxygen atoms in total. The fraction of sp³-hybridized carbons (Fsp3) is 0.300. The van der Waals surface area contributed by atoms with Crippen molar-refractivity contribution in [3.63, 3.8) is 0 Å². The van der Waals surface area contributed by atoms with Crippen LogP contribution in [-0.4, -0.2) is 16.3 Å². The molecule has 0 saturated heterocycles. The molecular formula is C10H6Cl2F3NO2. The maximum atomic E-state index is 12.4. The molecule has 0 spiro atoms. The zero-order valence-electron chi connectivity index (χ0n) is 8.54. The second-order valence-electron chi connectivity index (χ2n) is 3.37. The van der Waals surface area contributed by atoms with E-state index >= 15 is 0 Å². The molecule has 2 unspecified atom stereocenters. The zero-order valence-corrected chi connectivity index (χ0v) is 10.1. The zero-order chi connectivity index (χ0) is 14.1. The van der Waals surface area contributed by atoms with Gasteiger partial charge in [0.15, 0.2) is 6.10 Å². The summed E-state index contributed by atoms with van der Waals surface area (Å²) in [6, 6.07) is 2.46. The van der Waals surface area contributed by atoms with Crippen LogP contribution in [0, 0.1) is 11.3 Å². The standard InChI is InChI=1S/C10H6Cl2F3NO2/c11-5-1-4(10(13,14)15)2-6(12)8(5)9(18)7(17)3-16/h1-2,7,9,17-18H. The van der Waals surface area contributed by atoms with Crippen LogP contribution < -0.4 is 0 Å². The topological polar surface area (TPSA) is 64.2 Å². The van der Waals surface area contributed by atoms with Crippen molar-refractivity contribution in [2.45, 2.75) is 18.4 Å². The lowest BCUT2D eigenvalue weighted by molar-refractivity contribution is -0.137. The first kappa shape index (κ1) is 15.1. The van der Waals surface area contributed by atoms with Crippen LogP contribution in [0.25, 0.3) is 0 Å². The number of aliphatic hydroxyl groups excluding tert-OH is 2. The largest absolute Gasteiger partial charge is 0.416 e. The highest BCUT2D eigenvalue weighted by atomic mass is 35.5. The van der Waals surface area contributed by atoms with Crippen molar-refractivity contribution >= 4 is 23.2 Å². The van der Waals surface area contributed by atoms with Gasteiger partial charge in [0.25, 0.3) is 0 Å². The molecule has 0 radical (unpaired) electrons. The van der Waals surface area contributed by atoms with Gasteiger partial charge >= 0.3 is 6.18 Å². The second-order valence-corrected chi connectivity index (χ2v) is 4.18. The van der Waals surface area contributed by atoms with Crippen molar-refractivity contribution in [1.29, 1.82) is 5.26 Å². The molecule has 1 aromatic carbocycles. The number of nitriles is 1. The first-order valence-corrected chi connectivity index (χ1v) is 5.26. The highest BCUT2D eigenvalue weighted by molar-refractivity contribution is 6.36. The first-order chi connectivity index (χ1) is 8.18. The summed E-state index contributed by atoms with van der Waals surface area (Å²) in [6.07, 6.45) is -8.25. The van der Waals surface area contributed by atoms with Crippen molar-refractivity contribution in [3.8, 4) is 6.07 Å². The molecule has 0 amide bonds. The number of nitrogens with zero attached hydrogens (tertiary/aromatic N) is 1. The number of rotatable bonds is 2. The number of benzene rings is 1. The first-order valence-electron chi connectivity index (χ1n) is 4.50. The van der Waals surface area contributed by atoms with Crippen molar-refractivity contribution < 1.29 is 23.4 Å². The Bertz CT molecular complexity index is 476. The molecule has 2 N–H and O–H groups in total. The minimum absolute atomic E-state index is 0.319. The number of aliphatic hydroxyl groups is 2. The second kappa shape index (κ2) is 5.33. The lowest BCUT2D eigenvalue weighted by Crippen LogP contribution is -2.17. The highest BCUT2D eigenvalue weighted by Gasteiger charge is 2.33. The van der Waals surface area contributed by atoms with Gasteiger partial charge in [-0.2, -0.15) is 18.4 Å². The molecule has 0 bridgehead atoms. The molecule has 2 atom stereocenters. The van der Waals surface area contributed by atoms with Gasteiger partial charge in [-0.25, -0.2) is 0 Å². The summed E-state index contributed by atoms with van der Waals surface area (Å²) in [6.45, 7) is 0. The molecule has 98 valence electrons. The summed E-state index contributed by atoms with van der Waals surface area (Å²) in [5.41, 5.74) is -1.40. The summed E-state index contributed by atoms with van der Waals surface area (Å²) < 4.78 is 37.3. The number of hydrogen-bond donors (Lipinski definition) is 2. The molecule has 0 aliphatic heterocycles. The fourth-order valence-electron chi connectivity index (χ4n) is 1.26. The van der Waals surface area contributed by atoms with Crippen LogP contribution in [-0.2, 0) is 6.18 Å². The van der Waals surface area contributed by atoms with Gasteiger partial charge in [0.1, 0.15) is 6.10 Å². The molecular weight excluding hydrogens is 294 g/mol. The Kier molecular flexibility index (Phi) is 4.46. The smallest absolute Gasteiger partial charge is 0.384 e. The highest BCUT2D eigenvalue weighted by Crippen LogP contribution is 2.38. The summed E-state index contributed by atoms with van der Waals surface area (Å²) >= 11 is 11.1. The maximum absolute atomic E-state index is 12.4. The Morgan fingerprint density at radius 2 is 1.61 bits per heavy atom. The molecule has 0 aromatic heterocycles. The number of alkyl halides is 3. The Labute approximate surface area is 110 Å². The van der Waals surface area contributed by atoms with Gasteiger partial charge in [-0.1, -0.05) is 23.2 Å². The van der Waals surface area contributed by atoms with Crippen LogP contribution >= 0.6 is 23.2 Å². The quantitative estimate of drug-likeness (QED) is 0.825. The third-order valence-electron chi connectivity index (χ3n) is 2.13. The van der Waals surface area contributed by atoms with E-state index < -0.39 is 34.0 Å². The van der Waals surface area contributed by atoms with Crippen LogP contribution in [0.15, 0.2) is 12.1 Å². The third kappa shape index (κ3) is 3.06. The third-order valence-corrected chi connectivity index (χ3v) is 2.76. The van der Waals surface area contributed by atoms with E-state index in [1.165, 1.54) is 6.07 Å². The average Bonchev–Trinajstić information content (AvgIpc) is 2.25. The molecule has 18 heavy (non-hydrogen) atoms. The summed E-state index contributed by atoms with van der Waals surface area (Å²) in [5, 5.41) is 26.1. The normalized spacial score (nSPS) is 15.0. The lowest BCUT2D eigenvalue weighted by Gasteiger charge is -2.17. The molecule has 1 aromatic rings. The minimum atomic E-state index is -4.63. The van der Waals surface area contributed by atoms with Crippen molar-refractivity contribution in [1.82, 2.24) is 0 Å². The van der Waals surface area contributed by atoms with Crippen molar-refractivity contribution in [2.75, 3.05) is 0 Å². The summed E-state index contributed by atoms with van der Waals surface area (Å²) in [7, 11) is 0. The van der Waals surface area contributed by atoms with Crippen LogP contribution in [0.4, 0.5) is 13.2 Å². The van der Waals surface area contributed by atoms with Gasteiger partial charge in [0, 0.05) is 15.6 Å². The van der Waals surface area contributed by atoms with E-state index in [1.807, 2.05) is 0 Å². The van der Waals surface area contributed by atoms with Crippen LogP contribution in [0.5, 0.6) is 0 Å². The predicted octanol–water partition coefficient (Wildman–Crippen LogP) is 2.93. The van der Waals surface area contributed by atoms with Gasteiger partial charge in [0.05, 0.1) is 11.6 Å². The van der Waals surface area contributed by atoms with Gasteiger partial charge in [0.2, 0.25) is 0 Å². The lowest BCUT2D eigenvalue weighted by atomic mass is 10.0. The van der Waals surface area contributed by atoms with E-state index in [0.29, 0.717) is 12.1 Å². The van der Waals surface area contributed by atoms with Crippen molar-refractivity contribution in [2.24, 2.45) is 0 Å². The SMILES string of the molecule is N#CC(O)C(O)c1c(Cl)cc(C(F)(F)F)cc1Cl. The Morgan fingerprint density at radius 1 is 1.17 bits per heavy atom. The van der Waals surface area contributed by atoms with Crippen LogP contribution in [0.1, 0.15) is 17.2 Å². The van der Waals surface area contributed by atoms with Crippen LogP contribution in [0.2, 0.25) is 10.0 Å². The Hall–Kier alpha value is -1.00. The van der Waals surface area contributed by atoms with Crippen molar-refractivity contribution in [3.05, 3.63) is 33.3 Å². The molecule has 1 rings (SSSR count). The molecule has 8 heteroatoms. The molecule has 0 aliphatic rings. The molecule has 0 heterocycles. The molecule has 0 fully saturated rings. The maximum Gasteiger partial charge on any atom is 0.416 e. The fourth-order valence-corrected chi connectivity index (χ4v) is 1.97. The average molecular weight is 300 g/mol. The monoisotopic (exact) mass is 299 g/mol.